The van der Waals surface area contributed by atoms with E-state index in [1.165, 1.54) is 39.5 Å². The van der Waals surface area contributed by atoms with Crippen LogP contribution >= 0.6 is 0 Å². The van der Waals surface area contributed by atoms with Gasteiger partial charge in [-0.15, -0.1) is 0 Å². The molecule has 0 radical (unpaired) electrons. The number of benzene rings is 2. The lowest BCUT2D eigenvalue weighted by Crippen LogP contribution is -2.20. The Morgan fingerprint density at radius 1 is 1.04 bits per heavy atom. The van der Waals surface area contributed by atoms with E-state index in [2.05, 4.69) is 5.32 Å². The summed E-state index contributed by atoms with van der Waals surface area (Å²) in [6.07, 6.45) is 2.32. The summed E-state index contributed by atoms with van der Waals surface area (Å²) in [6, 6.07) is 9.04. The van der Waals surface area contributed by atoms with Crippen LogP contribution in [0.5, 0.6) is 17.2 Å². The summed E-state index contributed by atoms with van der Waals surface area (Å²) in [4.78, 5) is 23.7. The quantitative estimate of drug-likeness (QED) is 0.552. The van der Waals surface area contributed by atoms with E-state index in [9.17, 15) is 14.0 Å². The summed E-state index contributed by atoms with van der Waals surface area (Å²) in [6.45, 7) is -0.517. The van der Waals surface area contributed by atoms with Gasteiger partial charge in [0, 0.05) is 29.5 Å². The number of esters is 1. The molecule has 0 aliphatic carbocycles. The highest BCUT2D eigenvalue weighted by atomic mass is 19.1. The van der Waals surface area contributed by atoms with Crippen molar-refractivity contribution in [3.05, 3.63) is 53.9 Å². The Bertz CT molecular complexity index is 856. The molecule has 0 bridgehead atoms. The van der Waals surface area contributed by atoms with Gasteiger partial charge in [0.2, 0.25) is 5.75 Å². The Balaban J connectivity index is 1.95. The van der Waals surface area contributed by atoms with Crippen molar-refractivity contribution in [2.75, 3.05) is 33.3 Å². The molecule has 7 nitrogen and oxygen atoms in total. The van der Waals surface area contributed by atoms with Gasteiger partial charge >= 0.3 is 5.97 Å². The van der Waals surface area contributed by atoms with Gasteiger partial charge in [-0.2, -0.15) is 0 Å². The number of carbonyl (C=O) groups is 2. The molecule has 2 rings (SSSR count). The van der Waals surface area contributed by atoms with Crippen LogP contribution in [-0.2, 0) is 14.3 Å². The van der Waals surface area contributed by atoms with Crippen molar-refractivity contribution in [1.29, 1.82) is 0 Å². The fourth-order valence-electron chi connectivity index (χ4n) is 2.30. The molecule has 1 amide bonds. The first-order valence-corrected chi connectivity index (χ1v) is 8.17. The lowest BCUT2D eigenvalue weighted by Gasteiger charge is -2.14. The molecule has 0 heterocycles. The third-order valence-corrected chi connectivity index (χ3v) is 3.60. The molecule has 0 saturated heterocycles. The number of rotatable bonds is 8. The highest BCUT2D eigenvalue weighted by Gasteiger charge is 2.15. The van der Waals surface area contributed by atoms with Crippen LogP contribution in [0, 0.1) is 5.82 Å². The van der Waals surface area contributed by atoms with Gasteiger partial charge in [0.15, 0.2) is 18.1 Å². The van der Waals surface area contributed by atoms with Crippen molar-refractivity contribution in [2.24, 2.45) is 0 Å². The maximum absolute atomic E-state index is 13.5. The number of methoxy groups -OCH3 is 3. The first-order valence-electron chi connectivity index (χ1n) is 8.17. The van der Waals surface area contributed by atoms with Gasteiger partial charge in [-0.1, -0.05) is 18.2 Å². The van der Waals surface area contributed by atoms with Crippen molar-refractivity contribution in [2.45, 2.75) is 0 Å². The third kappa shape index (κ3) is 5.47. The first kappa shape index (κ1) is 20.8. The SMILES string of the molecule is COc1cc(NC(=O)COC(=O)/C=C/c2ccccc2F)cc(OC)c1OC. The van der Waals surface area contributed by atoms with Gasteiger partial charge in [0.1, 0.15) is 5.82 Å². The molecule has 0 spiro atoms. The minimum Gasteiger partial charge on any atom is -0.493 e. The van der Waals surface area contributed by atoms with Crippen LogP contribution in [0.25, 0.3) is 6.08 Å². The summed E-state index contributed by atoms with van der Waals surface area (Å²) in [5.74, 6) is -0.700. The van der Waals surface area contributed by atoms with Crippen LogP contribution in [0.15, 0.2) is 42.5 Å². The zero-order chi connectivity index (χ0) is 20.5. The summed E-state index contributed by atoms with van der Waals surface area (Å²) >= 11 is 0. The lowest BCUT2D eigenvalue weighted by atomic mass is 10.2. The third-order valence-electron chi connectivity index (χ3n) is 3.60. The van der Waals surface area contributed by atoms with Gasteiger partial charge in [0.05, 0.1) is 21.3 Å². The van der Waals surface area contributed by atoms with E-state index in [0.29, 0.717) is 22.9 Å². The minimum absolute atomic E-state index is 0.237. The molecular formula is C20H20FNO6. The molecular weight excluding hydrogens is 369 g/mol. The second-order valence-electron chi connectivity index (χ2n) is 5.42. The average Bonchev–Trinajstić information content (AvgIpc) is 2.70. The second-order valence-corrected chi connectivity index (χ2v) is 5.42. The molecule has 1 N–H and O–H groups in total. The fraction of sp³-hybridized carbons (Fsp3) is 0.200. The number of ether oxygens (including phenoxy) is 4. The molecule has 2 aromatic carbocycles. The minimum atomic E-state index is -0.775. The van der Waals surface area contributed by atoms with Gasteiger partial charge in [-0.05, 0) is 12.1 Å². The van der Waals surface area contributed by atoms with Gasteiger partial charge in [-0.3, -0.25) is 4.79 Å². The number of hydrogen-bond acceptors (Lipinski definition) is 6. The molecule has 148 valence electrons. The van der Waals surface area contributed by atoms with E-state index in [0.717, 1.165) is 6.08 Å². The monoisotopic (exact) mass is 389 g/mol. The van der Waals surface area contributed by atoms with Gasteiger partial charge < -0.3 is 24.3 Å². The number of amides is 1. The van der Waals surface area contributed by atoms with Crippen LogP contribution in [0.4, 0.5) is 10.1 Å². The maximum atomic E-state index is 13.5. The summed E-state index contributed by atoms with van der Waals surface area (Å²) in [5, 5.41) is 2.57. The highest BCUT2D eigenvalue weighted by molar-refractivity contribution is 5.95. The van der Waals surface area contributed by atoms with Crippen LogP contribution in [0.3, 0.4) is 0 Å². The average molecular weight is 389 g/mol. The number of hydrogen-bond donors (Lipinski definition) is 1. The molecule has 0 atom stereocenters. The summed E-state index contributed by atoms with van der Waals surface area (Å²) in [5.41, 5.74) is 0.610. The van der Waals surface area contributed by atoms with Crippen molar-refractivity contribution in [3.8, 4) is 17.2 Å². The largest absolute Gasteiger partial charge is 0.493 e. The Morgan fingerprint density at radius 3 is 2.25 bits per heavy atom. The van der Waals surface area contributed by atoms with E-state index in [1.54, 1.807) is 24.3 Å². The number of anilines is 1. The van der Waals surface area contributed by atoms with Crippen molar-refractivity contribution in [1.82, 2.24) is 0 Å². The standard InChI is InChI=1S/C20H20FNO6/c1-25-16-10-14(11-17(26-2)20(16)27-3)22-18(23)12-28-19(24)9-8-13-6-4-5-7-15(13)21/h4-11H,12H2,1-3H3,(H,22,23)/b9-8+. The smallest absolute Gasteiger partial charge is 0.331 e. The van der Waals surface area contributed by atoms with E-state index in [4.69, 9.17) is 18.9 Å². The van der Waals surface area contributed by atoms with Crippen LogP contribution < -0.4 is 19.5 Å². The molecule has 0 aliphatic heterocycles. The van der Waals surface area contributed by atoms with E-state index in [-0.39, 0.29) is 5.56 Å². The van der Waals surface area contributed by atoms with Gasteiger partial charge in [0.25, 0.3) is 5.91 Å². The summed E-state index contributed by atoms with van der Waals surface area (Å²) in [7, 11) is 4.37. The molecule has 2 aromatic rings. The molecule has 0 fully saturated rings. The van der Waals surface area contributed by atoms with E-state index < -0.39 is 24.3 Å². The van der Waals surface area contributed by atoms with E-state index in [1.807, 2.05) is 0 Å². The van der Waals surface area contributed by atoms with E-state index >= 15 is 0 Å². The Kier molecular flexibility index (Phi) is 7.38. The normalized spacial score (nSPS) is 10.4. The lowest BCUT2D eigenvalue weighted by molar-refractivity contribution is -0.142. The maximum Gasteiger partial charge on any atom is 0.331 e. The number of carbonyl (C=O) groups excluding carboxylic acids is 2. The molecule has 0 aliphatic rings. The second kappa shape index (κ2) is 9.96. The number of halogens is 1. The molecule has 8 heteroatoms. The summed E-state index contributed by atoms with van der Waals surface area (Å²) < 4.78 is 33.9. The van der Waals surface area contributed by atoms with Crippen LogP contribution in [0.1, 0.15) is 5.56 Å². The zero-order valence-corrected chi connectivity index (χ0v) is 15.7. The number of nitrogens with one attached hydrogen (secondary N) is 1. The predicted molar refractivity (Wildman–Crippen MR) is 101 cm³/mol. The van der Waals surface area contributed by atoms with Crippen LogP contribution in [-0.4, -0.2) is 39.8 Å². The van der Waals surface area contributed by atoms with Crippen molar-refractivity contribution < 1.29 is 32.9 Å². The Labute approximate surface area is 161 Å². The van der Waals surface area contributed by atoms with Crippen LogP contribution in [0.2, 0.25) is 0 Å². The van der Waals surface area contributed by atoms with Gasteiger partial charge in [-0.25, -0.2) is 9.18 Å². The van der Waals surface area contributed by atoms with Crippen molar-refractivity contribution in [3.63, 3.8) is 0 Å². The van der Waals surface area contributed by atoms with Crippen molar-refractivity contribution >= 4 is 23.6 Å². The topological polar surface area (TPSA) is 83.1 Å². The Morgan fingerprint density at radius 2 is 1.68 bits per heavy atom. The Hall–Kier alpha value is -3.55. The molecule has 28 heavy (non-hydrogen) atoms. The zero-order valence-electron chi connectivity index (χ0n) is 15.7. The first-order chi connectivity index (χ1) is 13.5. The molecule has 0 saturated carbocycles. The predicted octanol–water partition coefficient (Wildman–Crippen LogP) is 3.05. The highest BCUT2D eigenvalue weighted by Crippen LogP contribution is 2.39. The molecule has 0 aromatic heterocycles. The molecule has 0 unspecified atom stereocenters. The fourth-order valence-corrected chi connectivity index (χ4v) is 2.30.